The molecule has 2 N–H and O–H groups in total. The zero-order valence-electron chi connectivity index (χ0n) is 19.3. The van der Waals surface area contributed by atoms with Crippen LogP contribution in [0.15, 0.2) is 34.9 Å². The molecule has 0 radical (unpaired) electrons. The SMILES string of the molecule is COc1ccc(S(N)(=O)=O)cc1C(=O)O[C@H]1CCC2C3CCC4=COCCC4C3CC[C@@]21C. The largest absolute Gasteiger partial charge is 0.501 e. The maximum absolute atomic E-state index is 13.2. The quantitative estimate of drug-likeness (QED) is 0.660. The molecule has 4 aliphatic rings. The van der Waals surface area contributed by atoms with Crippen LogP contribution in [-0.2, 0) is 19.5 Å². The first kappa shape index (κ1) is 22.7. The Hall–Kier alpha value is -2.06. The molecule has 0 amide bonds. The van der Waals surface area contributed by atoms with E-state index in [-0.39, 0.29) is 27.7 Å². The van der Waals surface area contributed by atoms with Crippen LogP contribution in [0.5, 0.6) is 5.75 Å². The Kier molecular flexibility index (Phi) is 5.72. The van der Waals surface area contributed by atoms with E-state index in [4.69, 9.17) is 19.3 Å². The van der Waals surface area contributed by atoms with E-state index in [2.05, 4.69) is 6.92 Å². The lowest BCUT2D eigenvalue weighted by atomic mass is 9.53. The second-order valence-electron chi connectivity index (χ2n) is 10.4. The summed E-state index contributed by atoms with van der Waals surface area (Å²) in [5, 5.41) is 5.27. The molecule has 180 valence electrons. The van der Waals surface area contributed by atoms with Gasteiger partial charge in [0.05, 0.1) is 24.9 Å². The topological polar surface area (TPSA) is 105 Å². The molecule has 0 saturated heterocycles. The average molecular weight is 476 g/mol. The summed E-state index contributed by atoms with van der Waals surface area (Å²) in [5.41, 5.74) is 1.53. The Bertz CT molecular complexity index is 1080. The number of nitrogens with two attached hydrogens (primary N) is 1. The van der Waals surface area contributed by atoms with Gasteiger partial charge in [0.25, 0.3) is 0 Å². The normalized spacial score (nSPS) is 35.4. The first-order chi connectivity index (χ1) is 15.7. The van der Waals surface area contributed by atoms with Crippen molar-refractivity contribution in [2.45, 2.75) is 62.9 Å². The minimum atomic E-state index is -3.94. The summed E-state index contributed by atoms with van der Waals surface area (Å²) < 4.78 is 40.6. The third kappa shape index (κ3) is 3.85. The fourth-order valence-corrected chi connectivity index (χ4v) is 7.83. The number of esters is 1. The lowest BCUT2D eigenvalue weighted by Gasteiger charge is -2.53. The van der Waals surface area contributed by atoms with Crippen LogP contribution in [0.2, 0.25) is 0 Å². The number of carbonyl (C=O) groups is 1. The molecule has 4 unspecified atom stereocenters. The predicted molar refractivity (Wildman–Crippen MR) is 122 cm³/mol. The van der Waals surface area contributed by atoms with Crippen LogP contribution in [0, 0.1) is 29.1 Å². The molecule has 0 aromatic heterocycles. The first-order valence-electron chi connectivity index (χ1n) is 11.9. The number of carbonyl (C=O) groups excluding carboxylic acids is 1. The van der Waals surface area contributed by atoms with Gasteiger partial charge < -0.3 is 14.2 Å². The molecule has 1 heterocycles. The van der Waals surface area contributed by atoms with Gasteiger partial charge in [0, 0.05) is 5.41 Å². The number of benzene rings is 1. The molecule has 1 aliphatic heterocycles. The van der Waals surface area contributed by atoms with Gasteiger partial charge in [-0.1, -0.05) is 6.92 Å². The number of ether oxygens (including phenoxy) is 3. The maximum atomic E-state index is 13.2. The summed E-state index contributed by atoms with van der Waals surface area (Å²) in [6.07, 6.45) is 9.33. The molecule has 0 bridgehead atoms. The van der Waals surface area contributed by atoms with Gasteiger partial charge >= 0.3 is 5.97 Å². The molecule has 5 rings (SSSR count). The van der Waals surface area contributed by atoms with E-state index < -0.39 is 16.0 Å². The number of hydrogen-bond acceptors (Lipinski definition) is 6. The fourth-order valence-electron chi connectivity index (χ4n) is 7.29. The lowest BCUT2D eigenvalue weighted by Crippen LogP contribution is -2.48. The molecule has 7 nitrogen and oxygen atoms in total. The van der Waals surface area contributed by atoms with Crippen LogP contribution >= 0.6 is 0 Å². The maximum Gasteiger partial charge on any atom is 0.342 e. The molecular weight excluding hydrogens is 442 g/mol. The number of sulfonamides is 1. The van der Waals surface area contributed by atoms with E-state index in [0.29, 0.717) is 23.7 Å². The fraction of sp³-hybridized carbons (Fsp3) is 0.640. The third-order valence-corrected chi connectivity index (χ3v) is 9.83. The van der Waals surface area contributed by atoms with Crippen molar-refractivity contribution in [3.63, 3.8) is 0 Å². The van der Waals surface area contributed by atoms with E-state index in [1.807, 2.05) is 6.26 Å². The molecule has 6 atom stereocenters. The number of hydrogen-bond donors (Lipinski definition) is 1. The number of methoxy groups -OCH3 is 1. The van der Waals surface area contributed by atoms with Gasteiger partial charge in [-0.2, -0.15) is 0 Å². The summed E-state index contributed by atoms with van der Waals surface area (Å²) in [6.45, 7) is 3.10. The van der Waals surface area contributed by atoms with Gasteiger partial charge in [0.15, 0.2) is 0 Å². The van der Waals surface area contributed by atoms with Gasteiger partial charge in [-0.25, -0.2) is 18.4 Å². The van der Waals surface area contributed by atoms with Gasteiger partial charge in [0.1, 0.15) is 17.4 Å². The van der Waals surface area contributed by atoms with E-state index >= 15 is 0 Å². The van der Waals surface area contributed by atoms with Gasteiger partial charge in [-0.3, -0.25) is 0 Å². The summed E-state index contributed by atoms with van der Waals surface area (Å²) in [5.74, 6) is 2.28. The van der Waals surface area contributed by atoms with Crippen LogP contribution in [0.1, 0.15) is 62.2 Å². The summed E-state index contributed by atoms with van der Waals surface area (Å²) >= 11 is 0. The van der Waals surface area contributed by atoms with Crippen molar-refractivity contribution in [1.82, 2.24) is 0 Å². The van der Waals surface area contributed by atoms with Crippen molar-refractivity contribution in [3.8, 4) is 5.75 Å². The van der Waals surface area contributed by atoms with Crippen LogP contribution in [-0.4, -0.2) is 34.2 Å². The highest BCUT2D eigenvalue weighted by atomic mass is 32.2. The molecule has 8 heteroatoms. The molecule has 3 saturated carbocycles. The minimum Gasteiger partial charge on any atom is -0.501 e. The number of allylic oxidation sites excluding steroid dienone is 1. The molecule has 33 heavy (non-hydrogen) atoms. The standard InChI is InChI=1S/C25H33NO6S/c1-25-11-9-18-17-10-12-31-14-15(17)3-5-19(18)21(25)6-8-23(25)32-24(27)20-13-16(33(26,28)29)4-7-22(20)30-2/h4,7,13-14,17-19,21,23H,3,5-6,8-12H2,1-2H3,(H2,26,28,29)/t17?,18?,19?,21?,23-,25-/m0/s1. The van der Waals surface area contributed by atoms with Crippen molar-refractivity contribution >= 4 is 16.0 Å². The summed E-state index contributed by atoms with van der Waals surface area (Å²) in [4.78, 5) is 13.1. The highest BCUT2D eigenvalue weighted by Crippen LogP contribution is 2.62. The Morgan fingerprint density at radius 3 is 2.73 bits per heavy atom. The van der Waals surface area contributed by atoms with Crippen molar-refractivity contribution in [3.05, 3.63) is 35.6 Å². The Morgan fingerprint density at radius 1 is 1.15 bits per heavy atom. The van der Waals surface area contributed by atoms with E-state index in [1.54, 1.807) is 0 Å². The van der Waals surface area contributed by atoms with Gasteiger partial charge in [0.2, 0.25) is 10.0 Å². The Morgan fingerprint density at radius 2 is 1.97 bits per heavy atom. The van der Waals surface area contributed by atoms with Crippen molar-refractivity contribution in [1.29, 1.82) is 0 Å². The zero-order valence-corrected chi connectivity index (χ0v) is 20.1. The molecule has 0 spiro atoms. The van der Waals surface area contributed by atoms with Crippen LogP contribution in [0.25, 0.3) is 0 Å². The summed E-state index contributed by atoms with van der Waals surface area (Å²) in [7, 11) is -2.50. The highest BCUT2D eigenvalue weighted by molar-refractivity contribution is 7.89. The van der Waals surface area contributed by atoms with Gasteiger partial charge in [-0.05, 0) is 92.4 Å². The van der Waals surface area contributed by atoms with Gasteiger partial charge in [-0.15, -0.1) is 0 Å². The third-order valence-electron chi connectivity index (χ3n) is 8.92. The predicted octanol–water partition coefficient (Wildman–Crippen LogP) is 4.02. The first-order valence-corrected chi connectivity index (χ1v) is 13.5. The Labute approximate surface area is 195 Å². The van der Waals surface area contributed by atoms with Crippen LogP contribution < -0.4 is 9.88 Å². The van der Waals surface area contributed by atoms with Crippen molar-refractivity contribution in [2.24, 2.45) is 34.2 Å². The Balaban J connectivity index is 1.36. The van der Waals surface area contributed by atoms with Crippen molar-refractivity contribution in [2.75, 3.05) is 13.7 Å². The van der Waals surface area contributed by atoms with E-state index in [9.17, 15) is 13.2 Å². The molecular formula is C25H33NO6S. The number of fused-ring (bicyclic) bond motifs is 5. The smallest absolute Gasteiger partial charge is 0.342 e. The van der Waals surface area contributed by atoms with E-state index in [1.165, 1.54) is 37.3 Å². The second-order valence-corrected chi connectivity index (χ2v) is 11.9. The van der Waals surface area contributed by atoms with Crippen molar-refractivity contribution < 1.29 is 27.4 Å². The number of rotatable bonds is 4. The average Bonchev–Trinajstić information content (AvgIpc) is 3.13. The lowest BCUT2D eigenvalue weighted by molar-refractivity contribution is -0.0668. The minimum absolute atomic E-state index is 0.0615. The molecule has 3 fully saturated rings. The zero-order chi connectivity index (χ0) is 23.4. The van der Waals surface area contributed by atoms with E-state index in [0.717, 1.165) is 45.1 Å². The number of primary sulfonamides is 1. The molecule has 3 aliphatic carbocycles. The molecule has 1 aromatic rings. The van der Waals surface area contributed by atoms with Crippen LogP contribution in [0.4, 0.5) is 0 Å². The highest BCUT2D eigenvalue weighted by Gasteiger charge is 2.57. The van der Waals surface area contributed by atoms with Crippen LogP contribution in [0.3, 0.4) is 0 Å². The second kappa shape index (κ2) is 8.31. The monoisotopic (exact) mass is 475 g/mol. The summed E-state index contributed by atoms with van der Waals surface area (Å²) in [6, 6.07) is 4.03. The molecule has 1 aromatic carbocycles.